The lowest BCUT2D eigenvalue weighted by Crippen LogP contribution is -3.10. The predicted octanol–water partition coefficient (Wildman–Crippen LogP) is 1.84. The Balaban J connectivity index is 1.82. The number of rotatable bonds is 6. The Labute approximate surface area is 162 Å². The van der Waals surface area contributed by atoms with Crippen molar-refractivity contribution < 1.29 is 19.5 Å². The highest BCUT2D eigenvalue weighted by atomic mass is 32.1. The maximum atomic E-state index is 10.9. The minimum atomic E-state index is 0.0193. The number of aromatic nitrogens is 3. The molecule has 8 heteroatoms. The van der Waals surface area contributed by atoms with Crippen molar-refractivity contribution in [3.05, 3.63) is 34.5 Å². The van der Waals surface area contributed by atoms with Gasteiger partial charge in [0.15, 0.2) is 23.4 Å². The van der Waals surface area contributed by atoms with Crippen molar-refractivity contribution in [1.82, 2.24) is 14.6 Å². The first-order chi connectivity index (χ1) is 13.2. The molecule has 0 unspecified atom stereocenters. The van der Waals surface area contributed by atoms with Crippen LogP contribution >= 0.6 is 11.3 Å². The van der Waals surface area contributed by atoms with Crippen LogP contribution in [0, 0.1) is 0 Å². The molecular weight excluding hydrogens is 364 g/mol. The molecule has 0 radical (unpaired) electrons. The molecule has 1 aromatic carbocycles. The van der Waals surface area contributed by atoms with Gasteiger partial charge in [0.25, 0.3) is 0 Å². The van der Waals surface area contributed by atoms with Gasteiger partial charge in [-0.1, -0.05) is 18.3 Å². The van der Waals surface area contributed by atoms with Crippen LogP contribution in [0.25, 0.3) is 4.96 Å². The fourth-order valence-electron chi connectivity index (χ4n) is 3.85. The van der Waals surface area contributed by atoms with Crippen LogP contribution in [0.5, 0.6) is 17.4 Å². The summed E-state index contributed by atoms with van der Waals surface area (Å²) in [5.41, 5.74) is 1.10. The molecule has 0 saturated carbocycles. The SMILES string of the molecule is CCc1nc2sc([C@@H](c3ccc(OC)c(OC)c3)[NH+]3CCCC3)c(O)n2n1. The minimum Gasteiger partial charge on any atom is -0.493 e. The van der Waals surface area contributed by atoms with Crippen molar-refractivity contribution in [1.29, 1.82) is 0 Å². The molecule has 3 heterocycles. The standard InChI is InChI=1S/C19H24N4O3S/c1-4-15-20-19-23(21-15)18(24)17(27-19)16(22-9-5-6-10-22)12-7-8-13(25-2)14(11-12)26-3/h7-8,11,16,24H,4-6,9-10H2,1-3H3/p+1/t16-/m1/s1. The zero-order chi connectivity index (χ0) is 19.0. The molecular formula is C19H25N4O3S+. The summed E-state index contributed by atoms with van der Waals surface area (Å²) >= 11 is 1.52. The summed E-state index contributed by atoms with van der Waals surface area (Å²) in [6.45, 7) is 4.16. The van der Waals surface area contributed by atoms with Crippen LogP contribution < -0.4 is 14.4 Å². The minimum absolute atomic E-state index is 0.0193. The normalized spacial score (nSPS) is 16.1. The zero-order valence-electron chi connectivity index (χ0n) is 15.9. The maximum absolute atomic E-state index is 10.9. The number of quaternary nitrogens is 1. The number of aryl methyl sites for hydroxylation is 1. The van der Waals surface area contributed by atoms with E-state index in [0.29, 0.717) is 11.5 Å². The van der Waals surface area contributed by atoms with Gasteiger partial charge in [-0.3, -0.25) is 0 Å². The molecule has 2 N–H and O–H groups in total. The van der Waals surface area contributed by atoms with Gasteiger partial charge in [0.05, 0.1) is 27.3 Å². The van der Waals surface area contributed by atoms with Gasteiger partial charge in [0, 0.05) is 24.8 Å². The first-order valence-corrected chi connectivity index (χ1v) is 10.1. The number of nitrogens with zero attached hydrogens (tertiary/aromatic N) is 3. The topological polar surface area (TPSA) is 73.3 Å². The summed E-state index contributed by atoms with van der Waals surface area (Å²) in [5.74, 6) is 2.35. The first-order valence-electron chi connectivity index (χ1n) is 9.30. The van der Waals surface area contributed by atoms with E-state index < -0.39 is 0 Å². The highest BCUT2D eigenvalue weighted by molar-refractivity contribution is 7.17. The summed E-state index contributed by atoms with van der Waals surface area (Å²) in [7, 11) is 3.28. The number of methoxy groups -OCH3 is 2. The molecule has 1 atom stereocenters. The molecule has 3 aromatic rings. The summed E-state index contributed by atoms with van der Waals surface area (Å²) in [5, 5.41) is 15.3. The number of benzene rings is 1. The Hall–Kier alpha value is -2.32. The molecule has 0 aliphatic carbocycles. The van der Waals surface area contributed by atoms with E-state index in [1.807, 2.05) is 19.1 Å². The fraction of sp³-hybridized carbons (Fsp3) is 0.474. The second kappa shape index (κ2) is 7.36. The summed E-state index contributed by atoms with van der Waals surface area (Å²) in [6.07, 6.45) is 3.14. The molecule has 1 saturated heterocycles. The van der Waals surface area contributed by atoms with E-state index in [-0.39, 0.29) is 11.9 Å². The lowest BCUT2D eigenvalue weighted by molar-refractivity contribution is -0.913. The number of ether oxygens (including phenoxy) is 2. The average molecular weight is 390 g/mol. The first kappa shape index (κ1) is 18.1. The van der Waals surface area contributed by atoms with Crippen molar-refractivity contribution in [3.8, 4) is 17.4 Å². The Bertz CT molecular complexity index is 946. The smallest absolute Gasteiger partial charge is 0.235 e. The number of thiazole rings is 1. The number of fused-ring (bicyclic) bond motifs is 1. The molecule has 1 aliphatic rings. The Kier molecular flexibility index (Phi) is 4.92. The molecule has 144 valence electrons. The van der Waals surface area contributed by atoms with Crippen molar-refractivity contribution in [2.75, 3.05) is 27.3 Å². The van der Waals surface area contributed by atoms with Crippen molar-refractivity contribution in [2.45, 2.75) is 32.2 Å². The third-order valence-corrected chi connectivity index (χ3v) is 6.30. The molecule has 27 heavy (non-hydrogen) atoms. The maximum Gasteiger partial charge on any atom is 0.235 e. The molecule has 1 aliphatic heterocycles. The summed E-state index contributed by atoms with van der Waals surface area (Å²) < 4.78 is 12.5. The molecule has 2 aromatic heterocycles. The molecule has 0 spiro atoms. The lowest BCUT2D eigenvalue weighted by Gasteiger charge is -2.24. The third-order valence-electron chi connectivity index (χ3n) is 5.22. The van der Waals surface area contributed by atoms with E-state index in [1.54, 1.807) is 18.7 Å². The number of hydrogen-bond donors (Lipinski definition) is 2. The predicted molar refractivity (Wildman–Crippen MR) is 103 cm³/mol. The molecule has 4 rings (SSSR count). The highest BCUT2D eigenvalue weighted by Gasteiger charge is 2.35. The average Bonchev–Trinajstić information content (AvgIpc) is 3.41. The van der Waals surface area contributed by atoms with Gasteiger partial charge < -0.3 is 19.5 Å². The fourth-order valence-corrected chi connectivity index (χ4v) is 5.01. The third kappa shape index (κ3) is 3.12. The van der Waals surface area contributed by atoms with Crippen LogP contribution in [0.4, 0.5) is 0 Å². The van der Waals surface area contributed by atoms with Crippen molar-refractivity contribution in [3.63, 3.8) is 0 Å². The summed E-state index contributed by atoms with van der Waals surface area (Å²) in [4.78, 5) is 7.61. The summed E-state index contributed by atoms with van der Waals surface area (Å²) in [6, 6.07) is 6.02. The van der Waals surface area contributed by atoms with Crippen molar-refractivity contribution >= 4 is 16.3 Å². The van der Waals surface area contributed by atoms with Gasteiger partial charge >= 0.3 is 0 Å². The van der Waals surface area contributed by atoms with Gasteiger partial charge in [0.1, 0.15) is 4.88 Å². The Morgan fingerprint density at radius 1 is 1.22 bits per heavy atom. The van der Waals surface area contributed by atoms with Gasteiger partial charge in [-0.25, -0.2) is 4.98 Å². The monoisotopic (exact) mass is 389 g/mol. The van der Waals surface area contributed by atoms with Crippen LogP contribution in [0.2, 0.25) is 0 Å². The van der Waals surface area contributed by atoms with Crippen LogP contribution in [-0.4, -0.2) is 47.0 Å². The number of aromatic hydroxyl groups is 1. The largest absolute Gasteiger partial charge is 0.493 e. The van der Waals surface area contributed by atoms with E-state index in [2.05, 4.69) is 16.1 Å². The van der Waals surface area contributed by atoms with Crippen LogP contribution in [-0.2, 0) is 6.42 Å². The van der Waals surface area contributed by atoms with Gasteiger partial charge in [-0.05, 0) is 18.2 Å². The Morgan fingerprint density at radius 3 is 2.59 bits per heavy atom. The molecule has 0 amide bonds. The quantitative estimate of drug-likeness (QED) is 0.673. The second-order valence-corrected chi connectivity index (χ2v) is 7.79. The van der Waals surface area contributed by atoms with Crippen LogP contribution in [0.3, 0.4) is 0 Å². The van der Waals surface area contributed by atoms with Gasteiger partial charge in [-0.2, -0.15) is 4.52 Å². The highest BCUT2D eigenvalue weighted by Crippen LogP contribution is 2.38. The zero-order valence-corrected chi connectivity index (χ0v) is 16.7. The lowest BCUT2D eigenvalue weighted by atomic mass is 10.0. The van der Waals surface area contributed by atoms with E-state index in [4.69, 9.17) is 9.47 Å². The number of hydrogen-bond acceptors (Lipinski definition) is 6. The van der Waals surface area contributed by atoms with Crippen molar-refractivity contribution in [2.24, 2.45) is 0 Å². The van der Waals surface area contributed by atoms with E-state index in [1.165, 1.54) is 29.1 Å². The molecule has 0 bridgehead atoms. The van der Waals surface area contributed by atoms with Gasteiger partial charge in [0.2, 0.25) is 10.8 Å². The van der Waals surface area contributed by atoms with Crippen LogP contribution in [0.15, 0.2) is 18.2 Å². The Morgan fingerprint density at radius 2 is 1.96 bits per heavy atom. The molecule has 7 nitrogen and oxygen atoms in total. The molecule has 1 fully saturated rings. The van der Waals surface area contributed by atoms with Gasteiger partial charge in [-0.15, -0.1) is 5.10 Å². The second-order valence-electron chi connectivity index (χ2n) is 6.78. The van der Waals surface area contributed by atoms with Crippen LogP contribution in [0.1, 0.15) is 42.1 Å². The van der Waals surface area contributed by atoms with E-state index in [9.17, 15) is 5.11 Å². The van der Waals surface area contributed by atoms with E-state index in [0.717, 1.165) is 40.7 Å². The number of likely N-dealkylation sites (tertiary alicyclic amines) is 1. The number of nitrogens with one attached hydrogen (secondary N) is 1. The van der Waals surface area contributed by atoms with E-state index >= 15 is 0 Å².